The quantitative estimate of drug-likeness (QED) is 0.498. The van der Waals surface area contributed by atoms with Crippen LogP contribution in [0.5, 0.6) is 0 Å². The molecule has 0 radical (unpaired) electrons. The Morgan fingerprint density at radius 1 is 1.03 bits per heavy atom. The third kappa shape index (κ3) is 4.70. The monoisotopic (exact) mass is 412 g/mol. The van der Waals surface area contributed by atoms with Crippen molar-refractivity contribution in [1.29, 1.82) is 0 Å². The summed E-state index contributed by atoms with van der Waals surface area (Å²) in [6.07, 6.45) is 3.94. The number of amides is 1. The first-order chi connectivity index (χ1) is 14.8. The third-order valence-electron chi connectivity index (χ3n) is 4.92. The number of hydrogen-bond donors (Lipinski definition) is 2. The van der Waals surface area contributed by atoms with E-state index in [2.05, 4.69) is 15.4 Å². The molecule has 0 unspecified atom stereocenters. The van der Waals surface area contributed by atoms with E-state index >= 15 is 0 Å². The number of aliphatic hydroxyl groups is 1. The van der Waals surface area contributed by atoms with Gasteiger partial charge in [-0.1, -0.05) is 48.5 Å². The van der Waals surface area contributed by atoms with Gasteiger partial charge in [0.1, 0.15) is 5.82 Å². The smallest absolute Gasteiger partial charge is 0.256 e. The van der Waals surface area contributed by atoms with Crippen molar-refractivity contribution < 1.29 is 9.90 Å². The minimum Gasteiger partial charge on any atom is -0.386 e. The number of aryl methyl sites for hydroxylation is 1. The summed E-state index contributed by atoms with van der Waals surface area (Å²) >= 11 is 0. The summed E-state index contributed by atoms with van der Waals surface area (Å²) in [5.41, 5.74) is 3.63. The van der Waals surface area contributed by atoms with Gasteiger partial charge in [0.2, 0.25) is 0 Å². The molecule has 0 saturated heterocycles. The van der Waals surface area contributed by atoms with Crippen molar-refractivity contribution in [1.82, 2.24) is 14.6 Å². The van der Waals surface area contributed by atoms with Gasteiger partial charge in [0.05, 0.1) is 17.0 Å². The van der Waals surface area contributed by atoms with Gasteiger partial charge >= 0.3 is 0 Å². The molecule has 0 atom stereocenters. The van der Waals surface area contributed by atoms with Gasteiger partial charge in [-0.3, -0.25) is 4.79 Å². The van der Waals surface area contributed by atoms with E-state index in [1.807, 2.05) is 55.5 Å². The summed E-state index contributed by atoms with van der Waals surface area (Å²) in [6, 6.07) is 20.5. The lowest BCUT2D eigenvalue weighted by molar-refractivity contribution is 0.0785. The van der Waals surface area contributed by atoms with Gasteiger partial charge in [-0.05, 0) is 50.1 Å². The fraction of sp³-hybridized carbons (Fsp3) is 0.160. The number of carbonyl (C=O) groups is 1. The van der Waals surface area contributed by atoms with Crippen LogP contribution in [0.15, 0.2) is 66.7 Å². The van der Waals surface area contributed by atoms with E-state index in [0.717, 1.165) is 22.5 Å². The van der Waals surface area contributed by atoms with Gasteiger partial charge in [0, 0.05) is 17.7 Å². The lowest BCUT2D eigenvalue weighted by Crippen LogP contribution is -2.17. The molecule has 2 aromatic carbocycles. The molecule has 0 aliphatic heterocycles. The molecule has 0 fully saturated rings. The lowest BCUT2D eigenvalue weighted by atomic mass is 9.97. The van der Waals surface area contributed by atoms with Crippen LogP contribution < -0.4 is 5.32 Å². The van der Waals surface area contributed by atoms with Gasteiger partial charge < -0.3 is 10.4 Å². The summed E-state index contributed by atoms with van der Waals surface area (Å²) in [4.78, 5) is 17.3. The normalized spacial score (nSPS) is 11.9. The maximum absolute atomic E-state index is 12.8. The largest absolute Gasteiger partial charge is 0.386 e. The zero-order chi connectivity index (χ0) is 22.0. The Bertz CT molecular complexity index is 1250. The van der Waals surface area contributed by atoms with Crippen molar-refractivity contribution in [3.63, 3.8) is 0 Å². The molecule has 2 N–H and O–H groups in total. The van der Waals surface area contributed by atoms with Crippen LogP contribution in [0, 0.1) is 6.92 Å². The van der Waals surface area contributed by atoms with Crippen LogP contribution in [0.4, 0.5) is 5.82 Å². The van der Waals surface area contributed by atoms with Gasteiger partial charge in [-0.2, -0.15) is 5.10 Å². The van der Waals surface area contributed by atoms with Crippen LogP contribution in [0.25, 0.3) is 17.8 Å². The minimum atomic E-state index is -0.957. The number of aromatic nitrogens is 3. The number of nitrogens with zero attached hydrogens (tertiary/aromatic N) is 3. The summed E-state index contributed by atoms with van der Waals surface area (Å²) in [5, 5.41) is 17.5. The highest BCUT2D eigenvalue weighted by Crippen LogP contribution is 2.21. The zero-order valence-corrected chi connectivity index (χ0v) is 17.7. The Kier molecular flexibility index (Phi) is 5.40. The van der Waals surface area contributed by atoms with E-state index in [9.17, 15) is 9.90 Å². The van der Waals surface area contributed by atoms with Gasteiger partial charge in [-0.25, -0.2) is 9.50 Å². The maximum atomic E-state index is 12.8. The zero-order valence-electron chi connectivity index (χ0n) is 17.7. The molecule has 0 aliphatic rings. The second-order valence-corrected chi connectivity index (χ2v) is 7.96. The molecular weight excluding hydrogens is 388 g/mol. The van der Waals surface area contributed by atoms with Crippen molar-refractivity contribution in [2.24, 2.45) is 0 Å². The number of benzene rings is 2. The molecule has 156 valence electrons. The van der Waals surface area contributed by atoms with Crippen LogP contribution in [0.1, 0.15) is 46.7 Å². The SMILES string of the molecule is Cc1cc2nc(NC(=O)c3ccc(C(C)(C)O)cc3)cc(C=Cc3ccccc3)n2n1. The first-order valence-electron chi connectivity index (χ1n) is 10.0. The highest BCUT2D eigenvalue weighted by atomic mass is 16.3. The topological polar surface area (TPSA) is 79.5 Å². The molecule has 1 amide bonds. The van der Waals surface area contributed by atoms with Crippen molar-refractivity contribution in [2.75, 3.05) is 5.32 Å². The van der Waals surface area contributed by atoms with Gasteiger partial charge in [0.15, 0.2) is 5.65 Å². The fourth-order valence-electron chi connectivity index (χ4n) is 3.26. The van der Waals surface area contributed by atoms with E-state index in [4.69, 9.17) is 0 Å². The van der Waals surface area contributed by atoms with Crippen LogP contribution in [-0.2, 0) is 5.60 Å². The molecule has 0 bridgehead atoms. The van der Waals surface area contributed by atoms with Crippen molar-refractivity contribution in [3.8, 4) is 0 Å². The molecule has 4 aromatic rings. The summed E-state index contributed by atoms with van der Waals surface area (Å²) in [6.45, 7) is 5.32. The lowest BCUT2D eigenvalue weighted by Gasteiger charge is -2.17. The Hall–Kier alpha value is -3.77. The molecule has 0 spiro atoms. The number of hydrogen-bond acceptors (Lipinski definition) is 4. The second-order valence-electron chi connectivity index (χ2n) is 7.96. The summed E-state index contributed by atoms with van der Waals surface area (Å²) in [7, 11) is 0. The number of nitrogens with one attached hydrogen (secondary N) is 1. The molecular formula is C25H24N4O2. The predicted octanol–water partition coefficient (Wildman–Crippen LogP) is 4.69. The Morgan fingerprint density at radius 2 is 1.74 bits per heavy atom. The number of rotatable bonds is 5. The van der Waals surface area contributed by atoms with Gasteiger partial charge in [-0.15, -0.1) is 0 Å². The highest BCUT2D eigenvalue weighted by molar-refractivity contribution is 6.04. The highest BCUT2D eigenvalue weighted by Gasteiger charge is 2.17. The van der Waals surface area contributed by atoms with Crippen molar-refractivity contribution in [2.45, 2.75) is 26.4 Å². The molecule has 2 aromatic heterocycles. The Labute approximate surface area is 180 Å². The van der Waals surface area contributed by atoms with E-state index in [-0.39, 0.29) is 5.91 Å². The average molecular weight is 412 g/mol. The summed E-state index contributed by atoms with van der Waals surface area (Å²) < 4.78 is 1.75. The van der Waals surface area contributed by atoms with Crippen LogP contribution in [0.2, 0.25) is 0 Å². The van der Waals surface area contributed by atoms with Crippen LogP contribution in [0.3, 0.4) is 0 Å². The first-order valence-corrected chi connectivity index (χ1v) is 10.0. The molecule has 0 saturated carbocycles. The third-order valence-corrected chi connectivity index (χ3v) is 4.92. The minimum absolute atomic E-state index is 0.270. The molecule has 6 heteroatoms. The van der Waals surface area contributed by atoms with Gasteiger partial charge in [0.25, 0.3) is 5.91 Å². The van der Waals surface area contributed by atoms with E-state index in [1.54, 1.807) is 48.7 Å². The van der Waals surface area contributed by atoms with E-state index in [0.29, 0.717) is 17.0 Å². The van der Waals surface area contributed by atoms with Crippen molar-refractivity contribution >= 4 is 29.5 Å². The van der Waals surface area contributed by atoms with E-state index < -0.39 is 5.60 Å². The number of anilines is 1. The second kappa shape index (κ2) is 8.16. The van der Waals surface area contributed by atoms with Crippen molar-refractivity contribution in [3.05, 3.63) is 94.8 Å². The molecule has 0 aliphatic carbocycles. The predicted molar refractivity (Wildman–Crippen MR) is 123 cm³/mol. The molecule has 31 heavy (non-hydrogen) atoms. The van der Waals surface area contributed by atoms with Crippen LogP contribution >= 0.6 is 0 Å². The fourth-order valence-corrected chi connectivity index (χ4v) is 3.26. The van der Waals surface area contributed by atoms with E-state index in [1.165, 1.54) is 0 Å². The summed E-state index contributed by atoms with van der Waals surface area (Å²) in [5.74, 6) is 0.171. The maximum Gasteiger partial charge on any atom is 0.256 e. The Morgan fingerprint density at radius 3 is 2.42 bits per heavy atom. The number of carbonyl (C=O) groups excluding carboxylic acids is 1. The van der Waals surface area contributed by atoms with Crippen LogP contribution in [-0.4, -0.2) is 25.6 Å². The molecule has 2 heterocycles. The average Bonchev–Trinajstić information content (AvgIpc) is 3.12. The molecule has 6 nitrogen and oxygen atoms in total. The molecule has 4 rings (SSSR count). The number of fused-ring (bicyclic) bond motifs is 1. The first kappa shape index (κ1) is 20.5. The Balaban J connectivity index is 1.63. The standard InChI is InChI=1S/C25H24N4O2/c1-17-15-23-26-22(27-24(30)19-10-12-20(13-11-19)25(2,3)31)16-21(29(23)28-17)14-9-18-7-5-4-6-8-18/h4-16,31H,1-3H3,(H,26,27,30).